The Hall–Kier alpha value is -1.51. The van der Waals surface area contributed by atoms with Gasteiger partial charge in [-0.3, -0.25) is 10.1 Å². The van der Waals surface area contributed by atoms with Crippen molar-refractivity contribution in [1.29, 1.82) is 0 Å². The first-order valence-electron chi connectivity index (χ1n) is 6.04. The van der Waals surface area contributed by atoms with Crippen molar-refractivity contribution in [2.45, 2.75) is 25.2 Å². The molecular weight excluding hydrogens is 284 g/mol. The van der Waals surface area contributed by atoms with Crippen LogP contribution in [0.1, 0.15) is 17.5 Å². The van der Waals surface area contributed by atoms with Crippen molar-refractivity contribution in [3.63, 3.8) is 0 Å². The van der Waals surface area contributed by atoms with Crippen LogP contribution in [-0.4, -0.2) is 33.6 Å². The Bertz CT molecular complexity index is 598. The minimum absolute atomic E-state index is 0.0541. The zero-order valence-corrected chi connectivity index (χ0v) is 12.5. The van der Waals surface area contributed by atoms with E-state index in [1.165, 1.54) is 13.2 Å². The van der Waals surface area contributed by atoms with Crippen molar-refractivity contribution in [3.05, 3.63) is 33.4 Å². The van der Waals surface area contributed by atoms with Crippen LogP contribution in [-0.2, 0) is 14.8 Å². The summed E-state index contributed by atoms with van der Waals surface area (Å²) in [6.07, 6.45) is 0.530. The molecule has 7 nitrogen and oxygen atoms in total. The second-order valence-electron chi connectivity index (χ2n) is 4.39. The van der Waals surface area contributed by atoms with Gasteiger partial charge >= 0.3 is 0 Å². The average molecular weight is 302 g/mol. The molecule has 0 heterocycles. The summed E-state index contributed by atoms with van der Waals surface area (Å²) in [5, 5.41) is 10.8. The van der Waals surface area contributed by atoms with Gasteiger partial charge in [-0.1, -0.05) is 0 Å². The van der Waals surface area contributed by atoms with Gasteiger partial charge in [-0.15, -0.1) is 0 Å². The normalized spacial score (nSPS) is 11.6. The van der Waals surface area contributed by atoms with Crippen molar-refractivity contribution in [1.82, 2.24) is 4.72 Å². The summed E-state index contributed by atoms with van der Waals surface area (Å²) < 4.78 is 31.6. The lowest BCUT2D eigenvalue weighted by molar-refractivity contribution is -0.385. The molecule has 1 N–H and O–H groups in total. The number of hydrogen-bond donors (Lipinski definition) is 1. The molecule has 8 heteroatoms. The molecule has 0 aromatic heterocycles. The molecule has 20 heavy (non-hydrogen) atoms. The Morgan fingerprint density at radius 2 is 2.00 bits per heavy atom. The van der Waals surface area contributed by atoms with Gasteiger partial charge in [-0.05, 0) is 31.4 Å². The van der Waals surface area contributed by atoms with E-state index in [1.54, 1.807) is 13.8 Å². The SMILES string of the molecule is COCCCNS(=O)(=O)c1cc([N+](=O)[O-])cc(C)c1C. The number of benzene rings is 1. The van der Waals surface area contributed by atoms with Crippen molar-refractivity contribution in [2.24, 2.45) is 0 Å². The van der Waals surface area contributed by atoms with Gasteiger partial charge in [0.2, 0.25) is 10.0 Å². The first kappa shape index (κ1) is 16.5. The maximum atomic E-state index is 12.2. The molecule has 0 unspecified atom stereocenters. The molecule has 0 saturated carbocycles. The Morgan fingerprint density at radius 3 is 2.55 bits per heavy atom. The smallest absolute Gasteiger partial charge is 0.271 e. The number of nitrogens with zero attached hydrogens (tertiary/aromatic N) is 1. The van der Waals surface area contributed by atoms with Crippen molar-refractivity contribution in [2.75, 3.05) is 20.3 Å². The second-order valence-corrected chi connectivity index (χ2v) is 6.12. The van der Waals surface area contributed by atoms with Crippen molar-refractivity contribution >= 4 is 15.7 Å². The molecule has 0 amide bonds. The minimum atomic E-state index is -3.76. The second kappa shape index (κ2) is 6.78. The molecule has 0 aliphatic heterocycles. The van der Waals surface area contributed by atoms with E-state index in [4.69, 9.17) is 4.74 Å². The number of aryl methyl sites for hydroxylation is 1. The summed E-state index contributed by atoms with van der Waals surface area (Å²) in [4.78, 5) is 10.2. The van der Waals surface area contributed by atoms with Crippen molar-refractivity contribution in [3.8, 4) is 0 Å². The highest BCUT2D eigenvalue weighted by molar-refractivity contribution is 7.89. The quantitative estimate of drug-likeness (QED) is 0.468. The van der Waals surface area contributed by atoms with Gasteiger partial charge in [0, 0.05) is 32.4 Å². The maximum absolute atomic E-state index is 12.2. The molecule has 0 aliphatic carbocycles. The van der Waals surface area contributed by atoms with Crippen LogP contribution in [0.5, 0.6) is 0 Å². The molecular formula is C12H18N2O5S. The van der Waals surface area contributed by atoms with Crippen LogP contribution < -0.4 is 4.72 Å². The molecule has 0 spiro atoms. The lowest BCUT2D eigenvalue weighted by atomic mass is 10.1. The van der Waals surface area contributed by atoms with Gasteiger partial charge in [0.05, 0.1) is 9.82 Å². The molecule has 1 aromatic rings. The van der Waals surface area contributed by atoms with Crippen molar-refractivity contribution < 1.29 is 18.1 Å². The highest BCUT2D eigenvalue weighted by Crippen LogP contribution is 2.25. The standard InChI is InChI=1S/C12H18N2O5S/c1-9-7-11(14(15)16)8-12(10(9)2)20(17,18)13-5-4-6-19-3/h7-8,13H,4-6H2,1-3H3. The van der Waals surface area contributed by atoms with E-state index in [-0.39, 0.29) is 17.1 Å². The van der Waals surface area contributed by atoms with Crippen LogP contribution in [0.4, 0.5) is 5.69 Å². The van der Waals surface area contributed by atoms with Crippen LogP contribution in [0.3, 0.4) is 0 Å². The topological polar surface area (TPSA) is 98.5 Å². The number of nitrogens with one attached hydrogen (secondary N) is 1. The predicted octanol–water partition coefficient (Wildman–Crippen LogP) is 1.53. The van der Waals surface area contributed by atoms with E-state index in [0.717, 1.165) is 6.07 Å². The molecule has 0 bridgehead atoms. The fourth-order valence-electron chi connectivity index (χ4n) is 1.69. The predicted molar refractivity (Wildman–Crippen MR) is 74.3 cm³/mol. The maximum Gasteiger partial charge on any atom is 0.271 e. The highest BCUT2D eigenvalue weighted by Gasteiger charge is 2.21. The van der Waals surface area contributed by atoms with E-state index in [1.807, 2.05) is 0 Å². The van der Waals surface area contributed by atoms with E-state index in [0.29, 0.717) is 24.2 Å². The zero-order chi connectivity index (χ0) is 15.3. The summed E-state index contributed by atoms with van der Waals surface area (Å²) in [5.41, 5.74) is 0.844. The van der Waals surface area contributed by atoms with Crippen LogP contribution in [0, 0.1) is 24.0 Å². The number of sulfonamides is 1. The van der Waals surface area contributed by atoms with Crippen LogP contribution in [0.2, 0.25) is 0 Å². The Kier molecular flexibility index (Phi) is 5.61. The number of nitro groups is 1. The summed E-state index contributed by atoms with van der Waals surface area (Å²) in [6, 6.07) is 2.44. The number of non-ortho nitro benzene ring substituents is 1. The van der Waals surface area contributed by atoms with Gasteiger partial charge in [0.15, 0.2) is 0 Å². The summed E-state index contributed by atoms with van der Waals surface area (Å²) in [5.74, 6) is 0. The molecule has 0 aliphatic rings. The van der Waals surface area contributed by atoms with E-state index < -0.39 is 14.9 Å². The first-order chi connectivity index (χ1) is 9.29. The fraction of sp³-hybridized carbons (Fsp3) is 0.500. The average Bonchev–Trinajstić information content (AvgIpc) is 2.37. The molecule has 1 rings (SSSR count). The Morgan fingerprint density at radius 1 is 1.35 bits per heavy atom. The zero-order valence-electron chi connectivity index (χ0n) is 11.7. The summed E-state index contributed by atoms with van der Waals surface area (Å²) in [7, 11) is -2.23. The van der Waals surface area contributed by atoms with Gasteiger partial charge in [-0.25, -0.2) is 13.1 Å². The number of rotatable bonds is 7. The van der Waals surface area contributed by atoms with Crippen LogP contribution in [0.15, 0.2) is 17.0 Å². The number of nitro benzene ring substituents is 1. The first-order valence-corrected chi connectivity index (χ1v) is 7.52. The number of ether oxygens (including phenoxy) is 1. The summed E-state index contributed by atoms with van der Waals surface area (Å²) in [6.45, 7) is 3.93. The molecule has 112 valence electrons. The third kappa shape index (κ3) is 3.99. The van der Waals surface area contributed by atoms with Gasteiger partial charge < -0.3 is 4.74 Å². The fourth-order valence-corrected chi connectivity index (χ4v) is 3.10. The van der Waals surface area contributed by atoms with E-state index >= 15 is 0 Å². The summed E-state index contributed by atoms with van der Waals surface area (Å²) >= 11 is 0. The Balaban J connectivity index is 3.07. The van der Waals surface area contributed by atoms with E-state index in [9.17, 15) is 18.5 Å². The number of methoxy groups -OCH3 is 1. The monoisotopic (exact) mass is 302 g/mol. The third-order valence-electron chi connectivity index (χ3n) is 2.92. The van der Waals surface area contributed by atoms with Crippen LogP contribution >= 0.6 is 0 Å². The molecule has 1 aromatic carbocycles. The number of hydrogen-bond acceptors (Lipinski definition) is 5. The van der Waals surface area contributed by atoms with E-state index in [2.05, 4.69) is 4.72 Å². The third-order valence-corrected chi connectivity index (χ3v) is 4.51. The molecule has 0 radical (unpaired) electrons. The Labute approximate surface area is 118 Å². The van der Waals surface area contributed by atoms with Gasteiger partial charge in [0.1, 0.15) is 0 Å². The lowest BCUT2D eigenvalue weighted by Gasteiger charge is -2.11. The minimum Gasteiger partial charge on any atom is -0.385 e. The van der Waals surface area contributed by atoms with Gasteiger partial charge in [-0.2, -0.15) is 0 Å². The van der Waals surface area contributed by atoms with Gasteiger partial charge in [0.25, 0.3) is 5.69 Å². The molecule has 0 atom stereocenters. The van der Waals surface area contributed by atoms with Crippen LogP contribution in [0.25, 0.3) is 0 Å². The largest absolute Gasteiger partial charge is 0.385 e. The highest BCUT2D eigenvalue weighted by atomic mass is 32.2. The lowest BCUT2D eigenvalue weighted by Crippen LogP contribution is -2.26. The molecule has 0 saturated heterocycles. The molecule has 0 fully saturated rings.